The first-order valence-corrected chi connectivity index (χ1v) is 5.87. The third-order valence-electron chi connectivity index (χ3n) is 3.26. The molecule has 0 aromatic heterocycles. The average molecular weight is 210 g/mol. The van der Waals surface area contributed by atoms with Gasteiger partial charge in [-0.15, -0.1) is 12.3 Å². The number of hydrogen-bond donors (Lipinski definition) is 0. The molecular weight excluding hydrogens is 188 g/mol. The molecule has 1 aliphatic carbocycles. The van der Waals surface area contributed by atoms with Gasteiger partial charge in [0, 0.05) is 32.7 Å². The summed E-state index contributed by atoms with van der Waals surface area (Å²) < 4.78 is 11.0. The van der Waals surface area contributed by atoms with E-state index < -0.39 is 0 Å². The first-order chi connectivity index (χ1) is 7.33. The van der Waals surface area contributed by atoms with Gasteiger partial charge in [0.25, 0.3) is 0 Å². The Morgan fingerprint density at radius 3 is 2.80 bits per heavy atom. The van der Waals surface area contributed by atoms with Crippen LogP contribution >= 0.6 is 0 Å². The van der Waals surface area contributed by atoms with Crippen LogP contribution in [0.4, 0.5) is 0 Å². The molecule has 0 radical (unpaired) electrons. The maximum absolute atomic E-state index is 5.77. The van der Waals surface area contributed by atoms with Crippen molar-refractivity contribution in [2.45, 2.75) is 38.7 Å². The molecule has 15 heavy (non-hydrogen) atoms. The van der Waals surface area contributed by atoms with Crippen LogP contribution in [0, 0.1) is 24.2 Å². The maximum Gasteiger partial charge on any atom is 0.0615 e. The third kappa shape index (κ3) is 3.52. The van der Waals surface area contributed by atoms with Crippen molar-refractivity contribution in [1.29, 1.82) is 0 Å². The second-order valence-electron chi connectivity index (χ2n) is 4.21. The Morgan fingerprint density at radius 1 is 1.40 bits per heavy atom. The van der Waals surface area contributed by atoms with Gasteiger partial charge >= 0.3 is 0 Å². The van der Waals surface area contributed by atoms with E-state index in [0.717, 1.165) is 26.1 Å². The van der Waals surface area contributed by atoms with Crippen molar-refractivity contribution in [3.8, 4) is 12.3 Å². The number of hydrogen-bond acceptors (Lipinski definition) is 2. The normalized spacial score (nSPS) is 31.1. The lowest BCUT2D eigenvalue weighted by Gasteiger charge is -2.36. The highest BCUT2D eigenvalue weighted by Gasteiger charge is 2.32. The molecule has 1 saturated carbocycles. The third-order valence-corrected chi connectivity index (χ3v) is 3.26. The summed E-state index contributed by atoms with van der Waals surface area (Å²) in [5.41, 5.74) is 0. The minimum atomic E-state index is 0.347. The lowest BCUT2D eigenvalue weighted by atomic mass is 9.76. The van der Waals surface area contributed by atoms with Crippen LogP contribution in [0.1, 0.15) is 32.6 Å². The van der Waals surface area contributed by atoms with E-state index in [1.165, 1.54) is 12.8 Å². The Labute approximate surface area is 93.3 Å². The molecule has 0 heterocycles. The molecular formula is C13H22O2. The van der Waals surface area contributed by atoms with Crippen LogP contribution in [0.2, 0.25) is 0 Å². The molecule has 1 rings (SSSR count). The summed E-state index contributed by atoms with van der Waals surface area (Å²) in [5, 5.41) is 0. The lowest BCUT2D eigenvalue weighted by molar-refractivity contribution is -0.0420. The summed E-state index contributed by atoms with van der Waals surface area (Å²) in [5.74, 6) is 3.85. The number of methoxy groups -OCH3 is 1. The van der Waals surface area contributed by atoms with Crippen LogP contribution in [0.15, 0.2) is 0 Å². The van der Waals surface area contributed by atoms with E-state index in [9.17, 15) is 0 Å². The summed E-state index contributed by atoms with van der Waals surface area (Å²) in [6, 6.07) is 0. The van der Waals surface area contributed by atoms with E-state index in [1.807, 2.05) is 6.92 Å². The maximum atomic E-state index is 5.77. The van der Waals surface area contributed by atoms with E-state index in [2.05, 4.69) is 5.92 Å². The molecule has 0 bridgehead atoms. The van der Waals surface area contributed by atoms with Gasteiger partial charge in [-0.3, -0.25) is 0 Å². The van der Waals surface area contributed by atoms with Gasteiger partial charge < -0.3 is 9.47 Å². The Kier molecular flexibility index (Phi) is 5.75. The van der Waals surface area contributed by atoms with E-state index >= 15 is 0 Å². The predicted octanol–water partition coefficient (Wildman–Crippen LogP) is 2.48. The summed E-state index contributed by atoms with van der Waals surface area (Å²) in [7, 11) is 1.76. The topological polar surface area (TPSA) is 18.5 Å². The number of ether oxygens (including phenoxy) is 2. The Balaban J connectivity index is 2.58. The van der Waals surface area contributed by atoms with Crippen molar-refractivity contribution < 1.29 is 9.47 Å². The minimum absolute atomic E-state index is 0.347. The molecule has 3 atom stereocenters. The highest BCUT2D eigenvalue weighted by Crippen LogP contribution is 2.34. The fraction of sp³-hybridized carbons (Fsp3) is 0.846. The first kappa shape index (κ1) is 12.5. The SMILES string of the molecule is C#CCC1C(COC)CCCC1OCC. The van der Waals surface area contributed by atoms with Crippen LogP contribution in [0.3, 0.4) is 0 Å². The molecule has 2 heteroatoms. The largest absolute Gasteiger partial charge is 0.384 e. The van der Waals surface area contributed by atoms with Gasteiger partial charge in [0.1, 0.15) is 0 Å². The van der Waals surface area contributed by atoms with E-state index in [4.69, 9.17) is 15.9 Å². The number of terminal acetylenes is 1. The molecule has 0 aromatic rings. The zero-order valence-corrected chi connectivity index (χ0v) is 9.87. The van der Waals surface area contributed by atoms with Gasteiger partial charge in [-0.25, -0.2) is 0 Å². The summed E-state index contributed by atoms with van der Waals surface area (Å²) in [6.07, 6.45) is 10.2. The van der Waals surface area contributed by atoms with Gasteiger partial charge in [0.05, 0.1) is 6.10 Å². The average Bonchev–Trinajstić information content (AvgIpc) is 2.23. The molecule has 2 nitrogen and oxygen atoms in total. The molecule has 1 fully saturated rings. The fourth-order valence-electron chi connectivity index (χ4n) is 2.59. The number of rotatable bonds is 5. The van der Waals surface area contributed by atoms with Crippen LogP contribution in [-0.2, 0) is 9.47 Å². The van der Waals surface area contributed by atoms with Gasteiger partial charge in [-0.05, 0) is 25.7 Å². The van der Waals surface area contributed by atoms with Crippen LogP contribution in [-0.4, -0.2) is 26.4 Å². The van der Waals surface area contributed by atoms with E-state index in [0.29, 0.717) is 17.9 Å². The van der Waals surface area contributed by atoms with Crippen molar-refractivity contribution in [3.05, 3.63) is 0 Å². The molecule has 0 amide bonds. The zero-order valence-electron chi connectivity index (χ0n) is 9.87. The molecule has 3 unspecified atom stereocenters. The smallest absolute Gasteiger partial charge is 0.0615 e. The minimum Gasteiger partial charge on any atom is -0.384 e. The Morgan fingerprint density at radius 2 is 2.20 bits per heavy atom. The van der Waals surface area contributed by atoms with Crippen molar-refractivity contribution in [2.75, 3.05) is 20.3 Å². The second kappa shape index (κ2) is 6.87. The Bertz CT molecular complexity index is 189. The van der Waals surface area contributed by atoms with Crippen molar-refractivity contribution in [2.24, 2.45) is 11.8 Å². The summed E-state index contributed by atoms with van der Waals surface area (Å²) in [6.45, 7) is 3.65. The first-order valence-electron chi connectivity index (χ1n) is 5.87. The van der Waals surface area contributed by atoms with Gasteiger partial charge in [-0.1, -0.05) is 6.42 Å². The van der Waals surface area contributed by atoms with Crippen molar-refractivity contribution in [1.82, 2.24) is 0 Å². The molecule has 0 spiro atoms. The molecule has 86 valence electrons. The standard InChI is InChI=1S/C13H22O2/c1-4-7-12-11(10-14-3)8-6-9-13(12)15-5-2/h1,11-13H,5-10H2,2-3H3. The van der Waals surface area contributed by atoms with Crippen LogP contribution < -0.4 is 0 Å². The summed E-state index contributed by atoms with van der Waals surface area (Å²) in [4.78, 5) is 0. The highest BCUT2D eigenvalue weighted by atomic mass is 16.5. The zero-order chi connectivity index (χ0) is 11.1. The molecule has 0 saturated heterocycles. The van der Waals surface area contributed by atoms with Crippen molar-refractivity contribution in [3.63, 3.8) is 0 Å². The van der Waals surface area contributed by atoms with E-state index in [1.54, 1.807) is 7.11 Å². The monoisotopic (exact) mass is 210 g/mol. The van der Waals surface area contributed by atoms with E-state index in [-0.39, 0.29) is 0 Å². The highest BCUT2D eigenvalue weighted by molar-refractivity contribution is 4.94. The quantitative estimate of drug-likeness (QED) is 0.649. The molecule has 0 aliphatic heterocycles. The lowest BCUT2D eigenvalue weighted by Crippen LogP contribution is -2.36. The van der Waals surface area contributed by atoms with Gasteiger partial charge in [0.2, 0.25) is 0 Å². The second-order valence-corrected chi connectivity index (χ2v) is 4.21. The van der Waals surface area contributed by atoms with Gasteiger partial charge in [-0.2, -0.15) is 0 Å². The molecule has 0 N–H and O–H groups in total. The van der Waals surface area contributed by atoms with Gasteiger partial charge in [0.15, 0.2) is 0 Å². The molecule has 1 aliphatic rings. The predicted molar refractivity (Wildman–Crippen MR) is 61.6 cm³/mol. The molecule has 0 aromatic carbocycles. The Hall–Kier alpha value is -0.520. The van der Waals surface area contributed by atoms with Crippen LogP contribution in [0.25, 0.3) is 0 Å². The fourth-order valence-corrected chi connectivity index (χ4v) is 2.59. The summed E-state index contributed by atoms with van der Waals surface area (Å²) >= 11 is 0. The van der Waals surface area contributed by atoms with Crippen LogP contribution in [0.5, 0.6) is 0 Å². The van der Waals surface area contributed by atoms with Crippen molar-refractivity contribution >= 4 is 0 Å².